The van der Waals surface area contributed by atoms with E-state index in [9.17, 15) is 9.59 Å². The van der Waals surface area contributed by atoms with Crippen LogP contribution in [0.15, 0.2) is 48.5 Å². The van der Waals surface area contributed by atoms with Crippen LogP contribution in [0.4, 0.5) is 16.3 Å². The smallest absolute Gasteiger partial charge is 0.315 e. The lowest BCUT2D eigenvalue weighted by atomic mass is 9.92. The number of nitrogens with zero attached hydrogens (tertiary/aromatic N) is 3. The molecule has 2 aromatic carbocycles. The molecular formula is C28H36ClN5O2. The number of para-hydroxylation sites is 1. The van der Waals surface area contributed by atoms with Gasteiger partial charge in [-0.1, -0.05) is 64.4 Å². The van der Waals surface area contributed by atoms with Gasteiger partial charge in [-0.05, 0) is 55.2 Å². The van der Waals surface area contributed by atoms with Gasteiger partial charge in [0.15, 0.2) is 0 Å². The summed E-state index contributed by atoms with van der Waals surface area (Å²) in [5.41, 5.74) is 4.17. The van der Waals surface area contributed by atoms with Gasteiger partial charge in [0.05, 0.1) is 16.4 Å². The quantitative estimate of drug-likeness (QED) is 0.378. The predicted molar refractivity (Wildman–Crippen MR) is 147 cm³/mol. The Morgan fingerprint density at radius 3 is 2.33 bits per heavy atom. The first-order valence-electron chi connectivity index (χ1n) is 12.1. The van der Waals surface area contributed by atoms with Gasteiger partial charge in [-0.15, -0.1) is 0 Å². The molecule has 0 radical (unpaired) electrons. The van der Waals surface area contributed by atoms with Crippen LogP contribution in [-0.4, -0.2) is 39.7 Å². The molecule has 0 spiro atoms. The number of carbonyl (C=O) groups is 2. The summed E-state index contributed by atoms with van der Waals surface area (Å²) in [4.78, 5) is 27.8. The predicted octanol–water partition coefficient (Wildman–Crippen LogP) is 6.57. The molecule has 3 amide bonds. The molecule has 3 aromatic rings. The molecule has 0 aliphatic rings. The Bertz CT molecular complexity index is 1240. The zero-order valence-corrected chi connectivity index (χ0v) is 22.9. The Kier molecular flexibility index (Phi) is 8.46. The molecule has 36 heavy (non-hydrogen) atoms. The highest BCUT2D eigenvalue weighted by Crippen LogP contribution is 2.29. The number of aryl methyl sites for hydroxylation is 2. The molecule has 0 saturated carbocycles. The van der Waals surface area contributed by atoms with Crippen molar-refractivity contribution in [1.82, 2.24) is 14.7 Å². The number of nitrogens with one attached hydrogen (secondary N) is 2. The van der Waals surface area contributed by atoms with E-state index in [1.807, 2.05) is 70.2 Å². The van der Waals surface area contributed by atoms with E-state index in [0.717, 1.165) is 16.8 Å². The number of hydrogen-bond acceptors (Lipinski definition) is 3. The highest BCUT2D eigenvalue weighted by molar-refractivity contribution is 6.32. The van der Waals surface area contributed by atoms with Crippen molar-refractivity contribution in [2.75, 3.05) is 23.7 Å². The average molecular weight is 510 g/mol. The summed E-state index contributed by atoms with van der Waals surface area (Å²) in [6.45, 7) is 14.5. The maximum absolute atomic E-state index is 13.2. The Hall–Kier alpha value is -3.32. The Morgan fingerprint density at radius 2 is 1.72 bits per heavy atom. The molecule has 2 N–H and O–H groups in total. The summed E-state index contributed by atoms with van der Waals surface area (Å²) in [6, 6.07) is 14.6. The molecule has 8 heteroatoms. The van der Waals surface area contributed by atoms with Crippen LogP contribution in [0.1, 0.15) is 51.4 Å². The van der Waals surface area contributed by atoms with Gasteiger partial charge in [0, 0.05) is 23.7 Å². The van der Waals surface area contributed by atoms with Crippen LogP contribution in [-0.2, 0) is 10.2 Å². The van der Waals surface area contributed by atoms with Crippen molar-refractivity contribution in [3.63, 3.8) is 0 Å². The number of anilines is 2. The number of amides is 3. The number of aromatic nitrogens is 2. The third kappa shape index (κ3) is 6.88. The maximum Gasteiger partial charge on any atom is 0.322 e. The van der Waals surface area contributed by atoms with E-state index in [2.05, 4.69) is 31.4 Å². The van der Waals surface area contributed by atoms with Crippen molar-refractivity contribution in [1.29, 1.82) is 0 Å². The highest BCUT2D eigenvalue weighted by atomic mass is 35.5. The zero-order chi connectivity index (χ0) is 26.6. The van der Waals surface area contributed by atoms with Gasteiger partial charge in [-0.3, -0.25) is 4.79 Å². The topological polar surface area (TPSA) is 79.3 Å². The molecule has 0 fully saturated rings. The highest BCUT2D eigenvalue weighted by Gasteiger charge is 2.24. The molecular weight excluding hydrogens is 474 g/mol. The summed E-state index contributed by atoms with van der Waals surface area (Å²) in [5.74, 6) is 0.362. The normalized spacial score (nSPS) is 11.5. The fourth-order valence-corrected chi connectivity index (χ4v) is 3.90. The first kappa shape index (κ1) is 27.3. The lowest BCUT2D eigenvalue weighted by Crippen LogP contribution is -2.42. The number of hydrogen-bond donors (Lipinski definition) is 2. The molecule has 0 atom stereocenters. The second kappa shape index (κ2) is 11.2. The van der Waals surface area contributed by atoms with Gasteiger partial charge in [-0.25, -0.2) is 9.48 Å². The van der Waals surface area contributed by atoms with Crippen LogP contribution in [0.5, 0.6) is 0 Å². The van der Waals surface area contributed by atoms with E-state index in [-0.39, 0.29) is 29.8 Å². The van der Waals surface area contributed by atoms with Gasteiger partial charge < -0.3 is 15.5 Å². The third-order valence-electron chi connectivity index (χ3n) is 5.79. The number of urea groups is 1. The van der Waals surface area contributed by atoms with Crippen LogP contribution in [0.3, 0.4) is 0 Å². The summed E-state index contributed by atoms with van der Waals surface area (Å²) in [7, 11) is 0. The maximum atomic E-state index is 13.2. The molecule has 0 bridgehead atoms. The van der Waals surface area contributed by atoms with Crippen molar-refractivity contribution < 1.29 is 9.59 Å². The number of carbonyl (C=O) groups excluding carboxylic acids is 2. The molecule has 0 unspecified atom stereocenters. The fourth-order valence-electron chi connectivity index (χ4n) is 3.68. The van der Waals surface area contributed by atoms with E-state index >= 15 is 0 Å². The minimum absolute atomic E-state index is 0.104. The third-order valence-corrected chi connectivity index (χ3v) is 6.11. The second-order valence-corrected chi connectivity index (χ2v) is 11.0. The van der Waals surface area contributed by atoms with Crippen LogP contribution in [0.2, 0.25) is 5.02 Å². The summed E-state index contributed by atoms with van der Waals surface area (Å²) < 4.78 is 1.64. The second-order valence-electron chi connectivity index (χ2n) is 10.6. The molecule has 0 aliphatic heterocycles. The monoisotopic (exact) mass is 509 g/mol. The molecule has 0 saturated heterocycles. The molecule has 1 heterocycles. The summed E-state index contributed by atoms with van der Waals surface area (Å²) in [6.07, 6.45) is 0. The molecule has 1 aromatic heterocycles. The van der Waals surface area contributed by atoms with Crippen molar-refractivity contribution in [2.24, 2.45) is 5.92 Å². The number of halogens is 1. The Morgan fingerprint density at radius 1 is 1.03 bits per heavy atom. The largest absolute Gasteiger partial charge is 0.322 e. The van der Waals surface area contributed by atoms with Crippen molar-refractivity contribution in [3.8, 4) is 5.69 Å². The minimum Gasteiger partial charge on any atom is -0.315 e. The van der Waals surface area contributed by atoms with E-state index < -0.39 is 0 Å². The van der Waals surface area contributed by atoms with Gasteiger partial charge in [0.1, 0.15) is 12.4 Å². The number of benzene rings is 2. The lowest BCUT2D eigenvalue weighted by Gasteiger charge is -2.24. The van der Waals surface area contributed by atoms with Crippen molar-refractivity contribution in [3.05, 3.63) is 70.4 Å². The van der Waals surface area contributed by atoms with Crippen LogP contribution < -0.4 is 10.6 Å². The van der Waals surface area contributed by atoms with Crippen molar-refractivity contribution in [2.45, 2.75) is 53.9 Å². The van der Waals surface area contributed by atoms with Crippen LogP contribution in [0.25, 0.3) is 5.69 Å². The van der Waals surface area contributed by atoms with Crippen LogP contribution in [0, 0.1) is 19.8 Å². The SMILES string of the molecule is Cc1ccc(NC(=O)N(CC(=O)Nc2cc(C(C)(C)C)nn2-c2ccccc2Cl)CC(C)C)cc1C. The molecule has 7 nitrogen and oxygen atoms in total. The van der Waals surface area contributed by atoms with E-state index in [0.29, 0.717) is 28.8 Å². The van der Waals surface area contributed by atoms with Crippen LogP contribution >= 0.6 is 11.6 Å². The van der Waals surface area contributed by atoms with E-state index in [4.69, 9.17) is 16.7 Å². The molecule has 192 valence electrons. The summed E-state index contributed by atoms with van der Waals surface area (Å²) >= 11 is 6.44. The number of rotatable bonds is 7. The van der Waals surface area contributed by atoms with Gasteiger partial charge >= 0.3 is 6.03 Å². The van der Waals surface area contributed by atoms with Gasteiger partial charge in [0.25, 0.3) is 0 Å². The lowest BCUT2D eigenvalue weighted by molar-refractivity contribution is -0.116. The standard InChI is InChI=1S/C28H36ClN5O2/c1-18(2)16-33(27(36)30-21-13-12-19(3)20(4)14-21)17-26(35)31-25-15-24(28(5,6)7)32-34(25)23-11-9-8-10-22(23)29/h8-15,18H,16-17H2,1-7H3,(H,30,36)(H,31,35). The molecule has 3 rings (SSSR count). The van der Waals surface area contributed by atoms with E-state index in [1.165, 1.54) is 4.90 Å². The first-order chi connectivity index (χ1) is 16.8. The van der Waals surface area contributed by atoms with Gasteiger partial charge in [-0.2, -0.15) is 5.10 Å². The average Bonchev–Trinajstić information content (AvgIpc) is 3.19. The Labute approximate surface area is 218 Å². The molecule has 0 aliphatic carbocycles. The Balaban J connectivity index is 1.83. The van der Waals surface area contributed by atoms with Crippen molar-refractivity contribution >= 4 is 35.0 Å². The zero-order valence-electron chi connectivity index (χ0n) is 22.1. The minimum atomic E-state index is -0.322. The first-order valence-corrected chi connectivity index (χ1v) is 12.5. The van der Waals surface area contributed by atoms with Gasteiger partial charge in [0.2, 0.25) is 5.91 Å². The van der Waals surface area contributed by atoms with E-state index in [1.54, 1.807) is 10.7 Å². The summed E-state index contributed by atoms with van der Waals surface area (Å²) in [5, 5.41) is 11.1. The fraction of sp³-hybridized carbons (Fsp3) is 0.393.